The van der Waals surface area contributed by atoms with Gasteiger partial charge in [0.05, 0.1) is 18.1 Å². The van der Waals surface area contributed by atoms with Crippen LogP contribution in [0.4, 0.5) is 0 Å². The van der Waals surface area contributed by atoms with Gasteiger partial charge in [-0.3, -0.25) is 0 Å². The Morgan fingerprint density at radius 3 is 2.14 bits per heavy atom. The Balaban J connectivity index is 0.000000360. The average molecular weight is 125 g/mol. The standard InChI is InChI=1S/C4H7ClO.H2O/c1-3-4(2-5)6-3;/h3-4H,2H2,1H3;1H2. The van der Waals surface area contributed by atoms with Crippen LogP contribution in [0.2, 0.25) is 0 Å². The topological polar surface area (TPSA) is 44.0 Å². The van der Waals surface area contributed by atoms with Gasteiger partial charge < -0.3 is 10.2 Å². The first kappa shape index (κ1) is 7.21. The Morgan fingerprint density at radius 2 is 2.14 bits per heavy atom. The van der Waals surface area contributed by atoms with E-state index in [9.17, 15) is 0 Å². The van der Waals surface area contributed by atoms with Crippen molar-refractivity contribution in [2.24, 2.45) is 0 Å². The van der Waals surface area contributed by atoms with Gasteiger partial charge in [-0.05, 0) is 6.92 Å². The van der Waals surface area contributed by atoms with Gasteiger partial charge in [0.2, 0.25) is 0 Å². The zero-order chi connectivity index (χ0) is 4.57. The van der Waals surface area contributed by atoms with E-state index in [1.165, 1.54) is 0 Å². The van der Waals surface area contributed by atoms with E-state index in [1.807, 2.05) is 6.92 Å². The Labute approximate surface area is 47.7 Å². The fourth-order valence-corrected chi connectivity index (χ4v) is 0.716. The molecule has 1 saturated heterocycles. The van der Waals surface area contributed by atoms with Gasteiger partial charge in [-0.2, -0.15) is 0 Å². The van der Waals surface area contributed by atoms with Crippen LogP contribution in [0, 0.1) is 0 Å². The van der Waals surface area contributed by atoms with Crippen molar-refractivity contribution in [2.45, 2.75) is 19.1 Å². The summed E-state index contributed by atoms with van der Waals surface area (Å²) in [7, 11) is 0. The van der Waals surface area contributed by atoms with Crippen LogP contribution in [0.1, 0.15) is 6.92 Å². The summed E-state index contributed by atoms with van der Waals surface area (Å²) in [5, 5.41) is 0. The molecule has 0 aromatic carbocycles. The normalized spacial score (nSPS) is 36.9. The minimum absolute atomic E-state index is 0. The molecule has 0 aromatic heterocycles. The molecular weight excluding hydrogens is 115 g/mol. The molecule has 1 rings (SSSR count). The van der Waals surface area contributed by atoms with Gasteiger partial charge in [-0.25, -0.2) is 0 Å². The first-order chi connectivity index (χ1) is 2.84. The maximum Gasteiger partial charge on any atom is 0.0973 e. The lowest BCUT2D eigenvalue weighted by Gasteiger charge is -1.70. The number of halogens is 1. The van der Waals surface area contributed by atoms with Crippen molar-refractivity contribution in [3.63, 3.8) is 0 Å². The van der Waals surface area contributed by atoms with E-state index in [4.69, 9.17) is 16.3 Å². The number of hydrogen-bond acceptors (Lipinski definition) is 1. The smallest absolute Gasteiger partial charge is 0.0973 e. The van der Waals surface area contributed by atoms with Gasteiger partial charge in [0.25, 0.3) is 0 Å². The number of alkyl halides is 1. The fraction of sp³-hybridized carbons (Fsp3) is 1.00. The van der Waals surface area contributed by atoms with Gasteiger partial charge in [0.1, 0.15) is 0 Å². The molecular formula is C4H9ClO2. The summed E-state index contributed by atoms with van der Waals surface area (Å²) < 4.78 is 4.93. The summed E-state index contributed by atoms with van der Waals surface area (Å²) in [6.45, 7) is 2.02. The van der Waals surface area contributed by atoms with E-state index >= 15 is 0 Å². The lowest BCUT2D eigenvalue weighted by Crippen LogP contribution is -1.87. The molecule has 2 N–H and O–H groups in total. The van der Waals surface area contributed by atoms with E-state index in [0.29, 0.717) is 18.1 Å². The molecule has 1 fully saturated rings. The molecule has 2 unspecified atom stereocenters. The molecule has 0 saturated carbocycles. The molecule has 2 atom stereocenters. The molecule has 0 aliphatic carbocycles. The second-order valence-corrected chi connectivity index (χ2v) is 1.84. The van der Waals surface area contributed by atoms with Gasteiger partial charge in [-0.1, -0.05) is 0 Å². The number of rotatable bonds is 1. The maximum atomic E-state index is 5.37. The first-order valence-corrected chi connectivity index (χ1v) is 2.59. The summed E-state index contributed by atoms with van der Waals surface area (Å²) in [6, 6.07) is 0. The quantitative estimate of drug-likeness (QED) is 0.364. The van der Waals surface area contributed by atoms with Crippen molar-refractivity contribution >= 4 is 11.6 Å². The van der Waals surface area contributed by atoms with Crippen LogP contribution in [-0.2, 0) is 4.74 Å². The Morgan fingerprint density at radius 1 is 1.71 bits per heavy atom. The third kappa shape index (κ3) is 1.63. The van der Waals surface area contributed by atoms with Crippen molar-refractivity contribution in [3.05, 3.63) is 0 Å². The van der Waals surface area contributed by atoms with E-state index in [1.54, 1.807) is 0 Å². The third-order valence-corrected chi connectivity index (χ3v) is 1.29. The summed E-state index contributed by atoms with van der Waals surface area (Å²) in [5.74, 6) is 0.654. The molecule has 1 heterocycles. The second kappa shape index (κ2) is 2.50. The summed E-state index contributed by atoms with van der Waals surface area (Å²) in [4.78, 5) is 0. The van der Waals surface area contributed by atoms with Gasteiger partial charge in [-0.15, -0.1) is 11.6 Å². The molecule has 1 aliphatic rings. The lowest BCUT2D eigenvalue weighted by molar-refractivity contribution is 0.390. The van der Waals surface area contributed by atoms with E-state index in [0.717, 1.165) is 0 Å². The van der Waals surface area contributed by atoms with Crippen LogP contribution in [-0.4, -0.2) is 23.6 Å². The molecule has 0 amide bonds. The van der Waals surface area contributed by atoms with Crippen LogP contribution >= 0.6 is 11.6 Å². The molecule has 44 valence electrons. The van der Waals surface area contributed by atoms with Gasteiger partial charge >= 0.3 is 0 Å². The summed E-state index contributed by atoms with van der Waals surface area (Å²) >= 11 is 5.37. The minimum Gasteiger partial charge on any atom is -0.412 e. The number of epoxide rings is 1. The number of hydrogen-bond donors (Lipinski definition) is 0. The fourth-order valence-electron chi connectivity index (χ4n) is 0.392. The zero-order valence-corrected chi connectivity index (χ0v) is 4.90. The highest BCUT2D eigenvalue weighted by Gasteiger charge is 2.32. The van der Waals surface area contributed by atoms with Gasteiger partial charge in [0, 0.05) is 0 Å². The highest BCUT2D eigenvalue weighted by Crippen LogP contribution is 2.21. The van der Waals surface area contributed by atoms with Crippen molar-refractivity contribution in [3.8, 4) is 0 Å². The van der Waals surface area contributed by atoms with Crippen molar-refractivity contribution in [1.82, 2.24) is 0 Å². The molecule has 0 radical (unpaired) electrons. The zero-order valence-electron chi connectivity index (χ0n) is 4.15. The highest BCUT2D eigenvalue weighted by molar-refractivity contribution is 6.18. The predicted molar refractivity (Wildman–Crippen MR) is 28.7 cm³/mol. The van der Waals surface area contributed by atoms with Crippen LogP contribution in [0.25, 0.3) is 0 Å². The summed E-state index contributed by atoms with van der Waals surface area (Å²) in [6.07, 6.45) is 0.800. The second-order valence-electron chi connectivity index (χ2n) is 1.53. The van der Waals surface area contributed by atoms with E-state index < -0.39 is 0 Å². The molecule has 0 spiro atoms. The Hall–Kier alpha value is 0.210. The van der Waals surface area contributed by atoms with Crippen LogP contribution < -0.4 is 0 Å². The van der Waals surface area contributed by atoms with E-state index in [-0.39, 0.29) is 5.48 Å². The van der Waals surface area contributed by atoms with Crippen molar-refractivity contribution in [1.29, 1.82) is 0 Å². The SMILES string of the molecule is CC1OC1CCl.O. The highest BCUT2D eigenvalue weighted by atomic mass is 35.5. The third-order valence-electron chi connectivity index (χ3n) is 0.988. The molecule has 7 heavy (non-hydrogen) atoms. The van der Waals surface area contributed by atoms with Crippen molar-refractivity contribution < 1.29 is 10.2 Å². The Bertz CT molecular complexity index is 55.7. The lowest BCUT2D eigenvalue weighted by atomic mass is 10.4. The molecule has 3 heteroatoms. The van der Waals surface area contributed by atoms with E-state index in [2.05, 4.69) is 0 Å². The summed E-state index contributed by atoms with van der Waals surface area (Å²) in [5.41, 5.74) is 0. The van der Waals surface area contributed by atoms with Crippen LogP contribution in [0.15, 0.2) is 0 Å². The van der Waals surface area contributed by atoms with Crippen molar-refractivity contribution in [2.75, 3.05) is 5.88 Å². The monoisotopic (exact) mass is 124 g/mol. The first-order valence-electron chi connectivity index (χ1n) is 2.06. The minimum atomic E-state index is 0. The van der Waals surface area contributed by atoms with Crippen LogP contribution in [0.3, 0.4) is 0 Å². The average Bonchev–Trinajstić information content (AvgIpc) is 2.19. The molecule has 0 aromatic rings. The molecule has 1 aliphatic heterocycles. The Kier molecular flexibility index (Phi) is 2.58. The molecule has 2 nitrogen and oxygen atoms in total. The number of ether oxygens (including phenoxy) is 1. The van der Waals surface area contributed by atoms with Gasteiger partial charge in [0.15, 0.2) is 0 Å². The maximum absolute atomic E-state index is 5.37. The molecule has 0 bridgehead atoms. The largest absolute Gasteiger partial charge is 0.412 e. The predicted octanol–water partition coefficient (Wildman–Crippen LogP) is 0.188. The van der Waals surface area contributed by atoms with Crippen LogP contribution in [0.5, 0.6) is 0 Å².